The zero-order valence-corrected chi connectivity index (χ0v) is 16.7. The maximum atomic E-state index is 9.75. The van der Waals surface area contributed by atoms with Gasteiger partial charge in [0, 0.05) is 0 Å². The van der Waals surface area contributed by atoms with E-state index in [2.05, 4.69) is 0 Å². The van der Waals surface area contributed by atoms with Crippen molar-refractivity contribution in [2.75, 3.05) is 0 Å². The van der Waals surface area contributed by atoms with Gasteiger partial charge in [0.15, 0.2) is 0 Å². The van der Waals surface area contributed by atoms with Gasteiger partial charge in [-0.25, -0.2) is 0 Å². The Morgan fingerprint density at radius 1 is 0.122 bits per heavy atom. The molecule has 0 saturated carbocycles. The first-order valence-electron chi connectivity index (χ1n) is 6.98. The molecular weight excluding hydrogens is 717 g/mol. The van der Waals surface area contributed by atoms with Crippen molar-refractivity contribution in [2.45, 2.75) is 0 Å². The summed E-state index contributed by atoms with van der Waals surface area (Å²) in [5.41, 5.74) is 0. The normalized spacial score (nSPS) is 11.7. The van der Waals surface area contributed by atoms with Crippen molar-refractivity contribution in [3.63, 3.8) is 0 Å². The summed E-state index contributed by atoms with van der Waals surface area (Å²) in [4.78, 5) is 0. The van der Waals surface area contributed by atoms with Crippen molar-refractivity contribution in [1.82, 2.24) is 0 Å². The minimum absolute atomic E-state index is 0. The first-order valence-corrected chi connectivity index (χ1v) is 6.98. The Hall–Kier alpha value is -0.721. The average Bonchev–Trinajstić information content (AvgIpc) is 2.16. The van der Waals surface area contributed by atoms with E-state index < -0.39 is 58.0 Å². The molecule has 0 nitrogen and oxygen atoms in total. The van der Waals surface area contributed by atoms with Gasteiger partial charge >= 0.3 is 87.6 Å². The van der Waals surface area contributed by atoms with Crippen molar-refractivity contribution in [2.24, 2.45) is 0 Å². The van der Waals surface area contributed by atoms with Gasteiger partial charge in [-0.2, -0.15) is 0 Å². The zero-order valence-electron chi connectivity index (χ0n) is 16.7. The molecule has 0 fully saturated rings. The predicted molar refractivity (Wildman–Crippen MR) is 88.6 cm³/mol. The van der Waals surface area contributed by atoms with Gasteiger partial charge in [-0.3, -0.25) is 0 Å². The van der Waals surface area contributed by atoms with Gasteiger partial charge < -0.3 is 138 Å². The van der Waals surface area contributed by atoms with Crippen LogP contribution in [0.2, 0.25) is 0 Å². The van der Waals surface area contributed by atoms with Gasteiger partial charge in [0.05, 0.1) is 0 Å². The van der Waals surface area contributed by atoms with Crippen molar-refractivity contribution in [3.05, 3.63) is 0 Å². The summed E-state index contributed by atoms with van der Waals surface area (Å²) in [6.07, 6.45) is 0. The topological polar surface area (TPSA) is 0 Å². The van der Waals surface area contributed by atoms with E-state index in [0.29, 0.717) is 0 Å². The van der Waals surface area contributed by atoms with Gasteiger partial charge in [0.1, 0.15) is 0 Å². The van der Waals surface area contributed by atoms with E-state index in [9.17, 15) is 138 Å². The molecule has 0 aromatic carbocycles. The minimum atomic E-state index is -6.00. The van der Waals surface area contributed by atoms with E-state index in [1.807, 2.05) is 0 Å². The van der Waals surface area contributed by atoms with E-state index in [4.69, 9.17) is 0 Å². The number of rotatable bonds is 0. The third-order valence-corrected chi connectivity index (χ3v) is 0. The van der Waals surface area contributed by atoms with Crippen LogP contribution in [0.15, 0.2) is 0 Å². The summed E-state index contributed by atoms with van der Waals surface area (Å²) in [6.45, 7) is 0. The van der Waals surface area contributed by atoms with Crippen LogP contribution in [0.25, 0.3) is 0 Å². The quantitative estimate of drug-likeness (QED) is 0.173. The molecule has 0 rings (SSSR count). The van der Waals surface area contributed by atoms with E-state index in [0.717, 1.165) is 0 Å². The van der Waals surface area contributed by atoms with E-state index in [1.165, 1.54) is 0 Å². The third-order valence-electron chi connectivity index (χ3n) is 0. The molecule has 0 aliphatic heterocycles. The molecule has 41 heavy (non-hydrogen) atoms. The molecule has 0 amide bonds. The van der Waals surface area contributed by atoms with Crippen molar-refractivity contribution >= 4 is 87.6 Å². The van der Waals surface area contributed by atoms with Crippen molar-refractivity contribution in [3.8, 4) is 0 Å². The van der Waals surface area contributed by atoms with Gasteiger partial charge in [-0.1, -0.05) is 0 Å². The molecule has 0 radical (unpaired) electrons. The molecule has 258 valence electrons. The fourth-order valence-corrected chi connectivity index (χ4v) is 0. The second-order valence-electron chi connectivity index (χ2n) is 3.96. The molecule has 0 aromatic heterocycles. The summed E-state index contributed by atoms with van der Waals surface area (Å²) in [6, 6.07) is 0. The molecule has 0 N–H and O–H groups in total. The van der Waals surface area contributed by atoms with Crippen LogP contribution in [0.4, 0.5) is 138 Å². The fourth-order valence-electron chi connectivity index (χ4n) is 0. The Labute approximate surface area is 226 Å². The van der Waals surface area contributed by atoms with Crippen LogP contribution in [-0.4, -0.2) is 87.6 Å². The first kappa shape index (κ1) is 63.5. The summed E-state index contributed by atoms with van der Waals surface area (Å²) < 4.78 is 312. The monoisotopic (exact) mass is 720 g/mol. The number of halogens is 32. The Kier molecular flexibility index (Phi) is 39.9. The van der Waals surface area contributed by atoms with Gasteiger partial charge in [0.2, 0.25) is 0 Å². The Bertz CT molecular complexity index is 304. The molecule has 0 spiro atoms. The standard InChI is InChI=1S/8BF4.Na.H/c8*2-1(3,4)5;;/q8*-1;;. The number of hydrogen-bond acceptors (Lipinski definition) is 0. The Balaban J connectivity index is -0.0000000406. The second-order valence-corrected chi connectivity index (χ2v) is 3.96. The molecule has 0 heterocycles. The van der Waals surface area contributed by atoms with Crippen LogP contribution in [0, 0.1) is 0 Å². The third kappa shape index (κ3) is 105000. The van der Waals surface area contributed by atoms with Crippen LogP contribution in [0.3, 0.4) is 0 Å². The van der Waals surface area contributed by atoms with Crippen LogP contribution in [0.1, 0.15) is 0 Å². The molecule has 41 heteroatoms. The van der Waals surface area contributed by atoms with Crippen LogP contribution in [-0.2, 0) is 0 Å². The molecule has 0 aliphatic rings. The van der Waals surface area contributed by atoms with Crippen molar-refractivity contribution < 1.29 is 138 Å². The zero-order chi connectivity index (χ0) is 36.0. The van der Waals surface area contributed by atoms with E-state index in [1.54, 1.807) is 0 Å². The maximum absolute atomic E-state index is 9.75. The summed E-state index contributed by atoms with van der Waals surface area (Å²) >= 11 is 0. The van der Waals surface area contributed by atoms with E-state index >= 15 is 0 Å². The van der Waals surface area contributed by atoms with E-state index in [-0.39, 0.29) is 29.6 Å². The summed E-state index contributed by atoms with van der Waals surface area (Å²) in [5.74, 6) is 0. The average molecular weight is 718 g/mol. The summed E-state index contributed by atoms with van der Waals surface area (Å²) in [5, 5.41) is 0. The molecule has 0 unspecified atom stereocenters. The predicted octanol–water partition coefficient (Wildman–Crippen LogP) is 9.75. The summed E-state index contributed by atoms with van der Waals surface area (Å²) in [7, 11) is -48.0. The Morgan fingerprint density at radius 2 is 0.122 bits per heavy atom. The van der Waals surface area contributed by atoms with Gasteiger partial charge in [0.25, 0.3) is 0 Å². The number of hydrogen-bond donors (Lipinski definition) is 0. The molecular formula is HB8F32Na-8. The SMILES string of the molecule is F[B-](F)(F)F.F[B-](F)(F)F.F[B-](F)(F)F.F[B-](F)(F)F.F[B-](F)(F)F.F[B-](F)(F)F.F[B-](F)(F)F.F[B-](F)(F)F.[NaH]. The van der Waals surface area contributed by atoms with Gasteiger partial charge in [-0.15, -0.1) is 0 Å². The molecule has 0 aliphatic carbocycles. The van der Waals surface area contributed by atoms with Crippen LogP contribution >= 0.6 is 0 Å². The molecule has 0 bridgehead atoms. The molecule has 0 saturated heterocycles. The fraction of sp³-hybridized carbons (Fsp3) is 0. The molecule has 0 atom stereocenters. The first-order chi connectivity index (χ1) is 16.0. The Morgan fingerprint density at radius 3 is 0.122 bits per heavy atom. The molecule has 0 aromatic rings. The van der Waals surface area contributed by atoms with Crippen LogP contribution < -0.4 is 0 Å². The van der Waals surface area contributed by atoms with Crippen molar-refractivity contribution in [1.29, 1.82) is 0 Å². The van der Waals surface area contributed by atoms with Crippen LogP contribution in [0.5, 0.6) is 0 Å². The van der Waals surface area contributed by atoms with Gasteiger partial charge in [-0.05, 0) is 0 Å². The second kappa shape index (κ2) is 25.7.